The van der Waals surface area contributed by atoms with Gasteiger partial charge in [0.1, 0.15) is 17.7 Å². The predicted molar refractivity (Wildman–Crippen MR) is 65.3 cm³/mol. The van der Waals surface area contributed by atoms with Crippen LogP contribution < -0.4 is 5.32 Å². The van der Waals surface area contributed by atoms with Crippen molar-refractivity contribution >= 4 is 11.7 Å². The molecule has 0 aliphatic rings. The van der Waals surface area contributed by atoms with Crippen LogP contribution in [0.2, 0.25) is 0 Å². The number of hydrogen-bond donors (Lipinski definition) is 1. The number of esters is 1. The smallest absolute Gasteiger partial charge is 0.340 e. The molecule has 1 aromatic rings. The number of anilines is 1. The summed E-state index contributed by atoms with van der Waals surface area (Å²) in [5.74, 6) is -0.454. The van der Waals surface area contributed by atoms with Crippen molar-refractivity contribution in [3.63, 3.8) is 0 Å². The molecule has 1 rings (SSSR count). The van der Waals surface area contributed by atoms with Crippen molar-refractivity contribution in [3.8, 4) is 12.1 Å². The van der Waals surface area contributed by atoms with Crippen molar-refractivity contribution in [2.45, 2.75) is 6.92 Å². The van der Waals surface area contributed by atoms with Gasteiger partial charge in [-0.3, -0.25) is 0 Å². The van der Waals surface area contributed by atoms with Crippen LogP contribution in [0.1, 0.15) is 17.3 Å². The zero-order valence-electron chi connectivity index (χ0n) is 9.80. The lowest BCUT2D eigenvalue weighted by Crippen LogP contribution is -2.07. The Morgan fingerprint density at radius 3 is 2.67 bits per heavy atom. The Kier molecular flexibility index (Phi) is 4.96. The summed E-state index contributed by atoms with van der Waals surface area (Å²) in [6, 6.07) is 10.1. The van der Waals surface area contributed by atoms with E-state index in [1.54, 1.807) is 43.3 Å². The molecule has 0 radical (unpaired) electrons. The van der Waals surface area contributed by atoms with Crippen molar-refractivity contribution in [3.05, 3.63) is 41.6 Å². The minimum absolute atomic E-state index is 0.0753. The molecule has 90 valence electrons. The van der Waals surface area contributed by atoms with Crippen molar-refractivity contribution in [1.29, 1.82) is 10.5 Å². The summed E-state index contributed by atoms with van der Waals surface area (Å²) in [5.41, 5.74) is 0.762. The second kappa shape index (κ2) is 6.72. The van der Waals surface area contributed by atoms with Crippen LogP contribution in [-0.2, 0) is 4.74 Å². The Bertz CT molecular complexity index is 534. The van der Waals surface area contributed by atoms with E-state index in [4.69, 9.17) is 15.3 Å². The van der Waals surface area contributed by atoms with Crippen LogP contribution in [0.25, 0.3) is 0 Å². The van der Waals surface area contributed by atoms with E-state index in [2.05, 4.69) is 5.32 Å². The molecule has 1 aromatic carbocycles. The van der Waals surface area contributed by atoms with Gasteiger partial charge in [0.05, 0.1) is 17.9 Å². The average molecular weight is 241 g/mol. The normalized spacial score (nSPS) is 8.61. The standard InChI is InChI=1S/C13H11N3O2/c1-2-18-13(17)11-5-3-4-6-12(11)16-9-10(7-14)8-15/h3-6,9,16H,2H2,1H3. The highest BCUT2D eigenvalue weighted by Gasteiger charge is 2.10. The van der Waals surface area contributed by atoms with Gasteiger partial charge in [-0.05, 0) is 19.1 Å². The van der Waals surface area contributed by atoms with Crippen LogP contribution in [0.3, 0.4) is 0 Å². The highest BCUT2D eigenvalue weighted by atomic mass is 16.5. The largest absolute Gasteiger partial charge is 0.462 e. The third-order valence-electron chi connectivity index (χ3n) is 2.04. The maximum atomic E-state index is 11.6. The number of ether oxygens (including phenoxy) is 1. The van der Waals surface area contributed by atoms with Crippen molar-refractivity contribution < 1.29 is 9.53 Å². The van der Waals surface area contributed by atoms with Crippen LogP contribution in [0.15, 0.2) is 36.0 Å². The zero-order chi connectivity index (χ0) is 13.4. The van der Waals surface area contributed by atoms with E-state index in [1.165, 1.54) is 6.20 Å². The molecule has 0 heterocycles. The zero-order valence-corrected chi connectivity index (χ0v) is 9.80. The number of carbonyl (C=O) groups is 1. The molecule has 0 aliphatic heterocycles. The number of rotatable bonds is 4. The Morgan fingerprint density at radius 1 is 1.39 bits per heavy atom. The summed E-state index contributed by atoms with van der Waals surface area (Å²) >= 11 is 0. The summed E-state index contributed by atoms with van der Waals surface area (Å²) in [7, 11) is 0. The van der Waals surface area contributed by atoms with Crippen LogP contribution in [0.4, 0.5) is 5.69 Å². The maximum absolute atomic E-state index is 11.6. The van der Waals surface area contributed by atoms with Crippen LogP contribution in [0.5, 0.6) is 0 Å². The van der Waals surface area contributed by atoms with Gasteiger partial charge < -0.3 is 10.1 Å². The molecule has 0 aromatic heterocycles. The van der Waals surface area contributed by atoms with E-state index in [1.807, 2.05) is 0 Å². The molecule has 0 fully saturated rings. The molecular weight excluding hydrogens is 230 g/mol. The maximum Gasteiger partial charge on any atom is 0.340 e. The highest BCUT2D eigenvalue weighted by molar-refractivity contribution is 5.95. The topological polar surface area (TPSA) is 85.9 Å². The first-order valence-electron chi connectivity index (χ1n) is 5.26. The first kappa shape index (κ1) is 13.3. The number of hydrogen-bond acceptors (Lipinski definition) is 5. The van der Waals surface area contributed by atoms with E-state index in [0.717, 1.165) is 0 Å². The van der Waals surface area contributed by atoms with Gasteiger partial charge in [-0.2, -0.15) is 10.5 Å². The Hall–Kier alpha value is -2.79. The molecule has 0 unspecified atom stereocenters. The van der Waals surface area contributed by atoms with Crippen molar-refractivity contribution in [2.75, 3.05) is 11.9 Å². The molecular formula is C13H11N3O2. The molecule has 0 bridgehead atoms. The van der Waals surface area contributed by atoms with E-state index in [-0.39, 0.29) is 12.2 Å². The summed E-state index contributed by atoms with van der Waals surface area (Å²) in [6.45, 7) is 2.00. The third-order valence-corrected chi connectivity index (χ3v) is 2.04. The van der Waals surface area contributed by atoms with Gasteiger partial charge in [0.2, 0.25) is 0 Å². The fourth-order valence-corrected chi connectivity index (χ4v) is 1.24. The van der Waals surface area contributed by atoms with Gasteiger partial charge >= 0.3 is 5.97 Å². The van der Waals surface area contributed by atoms with Gasteiger partial charge in [0.25, 0.3) is 0 Å². The lowest BCUT2D eigenvalue weighted by molar-refractivity contribution is 0.0527. The summed E-state index contributed by atoms with van der Waals surface area (Å²) in [6.07, 6.45) is 1.25. The van der Waals surface area contributed by atoms with Gasteiger partial charge in [-0.25, -0.2) is 4.79 Å². The van der Waals surface area contributed by atoms with Gasteiger partial charge in [-0.1, -0.05) is 12.1 Å². The SMILES string of the molecule is CCOC(=O)c1ccccc1NC=C(C#N)C#N. The van der Waals surface area contributed by atoms with Gasteiger partial charge in [0.15, 0.2) is 0 Å². The minimum atomic E-state index is -0.454. The average Bonchev–Trinajstić information content (AvgIpc) is 2.40. The molecule has 0 saturated carbocycles. The van der Waals surface area contributed by atoms with Gasteiger partial charge in [-0.15, -0.1) is 0 Å². The van der Waals surface area contributed by atoms with E-state index >= 15 is 0 Å². The van der Waals surface area contributed by atoms with Crippen LogP contribution in [0, 0.1) is 22.7 Å². The molecule has 1 N–H and O–H groups in total. The summed E-state index contributed by atoms with van der Waals surface area (Å²) < 4.78 is 4.90. The molecule has 5 heteroatoms. The molecule has 5 nitrogen and oxygen atoms in total. The lowest BCUT2D eigenvalue weighted by Gasteiger charge is -2.07. The minimum Gasteiger partial charge on any atom is -0.462 e. The number of nitriles is 2. The predicted octanol–water partition coefficient (Wildman–Crippen LogP) is 2.21. The molecule has 0 aliphatic carbocycles. The quantitative estimate of drug-likeness (QED) is 0.645. The second-order valence-electron chi connectivity index (χ2n) is 3.19. The Balaban J connectivity index is 2.97. The Labute approximate surface area is 105 Å². The third kappa shape index (κ3) is 3.36. The first-order valence-corrected chi connectivity index (χ1v) is 5.26. The molecule has 18 heavy (non-hydrogen) atoms. The molecule has 0 amide bonds. The fraction of sp³-hybridized carbons (Fsp3) is 0.154. The second-order valence-corrected chi connectivity index (χ2v) is 3.19. The van der Waals surface area contributed by atoms with Crippen LogP contribution >= 0.6 is 0 Å². The van der Waals surface area contributed by atoms with Crippen LogP contribution in [-0.4, -0.2) is 12.6 Å². The first-order chi connectivity index (χ1) is 8.72. The summed E-state index contributed by atoms with van der Waals surface area (Å²) in [4.78, 5) is 11.6. The molecule has 0 spiro atoms. The molecule has 0 saturated heterocycles. The number of nitrogens with one attached hydrogen (secondary N) is 1. The van der Waals surface area contributed by atoms with E-state index in [0.29, 0.717) is 11.3 Å². The number of benzene rings is 1. The number of para-hydroxylation sites is 1. The van der Waals surface area contributed by atoms with E-state index in [9.17, 15) is 4.79 Å². The van der Waals surface area contributed by atoms with E-state index < -0.39 is 5.97 Å². The van der Waals surface area contributed by atoms with Crippen molar-refractivity contribution in [2.24, 2.45) is 0 Å². The number of carbonyl (C=O) groups excluding carboxylic acids is 1. The Morgan fingerprint density at radius 2 is 2.06 bits per heavy atom. The summed E-state index contributed by atoms with van der Waals surface area (Å²) in [5, 5.41) is 19.9. The molecule has 0 atom stereocenters. The number of nitrogens with zero attached hydrogens (tertiary/aromatic N) is 2. The van der Waals surface area contributed by atoms with Gasteiger partial charge in [0, 0.05) is 6.20 Å². The fourth-order valence-electron chi connectivity index (χ4n) is 1.24. The number of allylic oxidation sites excluding steroid dienone is 1. The van der Waals surface area contributed by atoms with Crippen molar-refractivity contribution in [1.82, 2.24) is 0 Å². The lowest BCUT2D eigenvalue weighted by atomic mass is 10.2. The monoisotopic (exact) mass is 241 g/mol. The highest BCUT2D eigenvalue weighted by Crippen LogP contribution is 2.16.